The number of pyridine rings is 2. The van der Waals surface area contributed by atoms with Crippen LogP contribution in [0.4, 0.5) is 17.6 Å². The molecule has 0 bridgehead atoms. The third kappa shape index (κ3) is 2.90. The zero-order chi connectivity index (χ0) is 14.9. The molecule has 0 aliphatic rings. The highest BCUT2D eigenvalue weighted by Gasteiger charge is 2.39. The summed E-state index contributed by atoms with van der Waals surface area (Å²) < 4.78 is 56.9. The van der Waals surface area contributed by atoms with Gasteiger partial charge in [-0.1, -0.05) is 0 Å². The average Bonchev–Trinajstić information content (AvgIpc) is 2.37. The molecule has 0 N–H and O–H groups in total. The number of nitrogens with zero attached hydrogens (tertiary/aromatic N) is 2. The molecule has 0 amide bonds. The van der Waals surface area contributed by atoms with Crippen LogP contribution in [0.3, 0.4) is 0 Å². The van der Waals surface area contributed by atoms with Gasteiger partial charge in [-0.15, -0.1) is 0 Å². The Kier molecular flexibility index (Phi) is 3.94. The summed E-state index contributed by atoms with van der Waals surface area (Å²) in [6, 6.07) is 3.82. The Bertz CT molecular complexity index is 629. The number of alkyl halides is 3. The first-order valence-corrected chi connectivity index (χ1v) is 6.06. The highest BCUT2D eigenvalue weighted by Crippen LogP contribution is 2.38. The van der Waals surface area contributed by atoms with Crippen LogP contribution in [0.1, 0.15) is 5.56 Å². The number of rotatable bonds is 2. The first-order chi connectivity index (χ1) is 9.32. The monoisotopic (exact) mass is 350 g/mol. The van der Waals surface area contributed by atoms with Gasteiger partial charge in [-0.3, -0.25) is 0 Å². The molecule has 0 saturated heterocycles. The summed E-state index contributed by atoms with van der Waals surface area (Å²) >= 11 is 3.12. The standard InChI is InChI=1S/C12H7BrF4N2O/c1-20-11-10(12(15,16)17)7(14)4-8(19-11)6-2-3-9(13)18-5-6/h2-5H,1H3. The highest BCUT2D eigenvalue weighted by molar-refractivity contribution is 9.10. The molecule has 0 aromatic carbocycles. The molecule has 0 aliphatic carbocycles. The zero-order valence-corrected chi connectivity index (χ0v) is 11.6. The van der Waals surface area contributed by atoms with Crippen LogP contribution in [0.25, 0.3) is 11.3 Å². The maximum absolute atomic E-state index is 13.7. The number of hydrogen-bond donors (Lipinski definition) is 0. The van der Waals surface area contributed by atoms with Gasteiger partial charge in [0, 0.05) is 17.8 Å². The summed E-state index contributed by atoms with van der Waals surface area (Å²) in [4.78, 5) is 7.58. The average molecular weight is 351 g/mol. The molecule has 0 fully saturated rings. The number of methoxy groups -OCH3 is 1. The Morgan fingerprint density at radius 2 is 1.95 bits per heavy atom. The lowest BCUT2D eigenvalue weighted by Crippen LogP contribution is -2.12. The fourth-order valence-corrected chi connectivity index (χ4v) is 1.81. The minimum absolute atomic E-state index is 0.00681. The number of hydrogen-bond acceptors (Lipinski definition) is 3. The van der Waals surface area contributed by atoms with Crippen molar-refractivity contribution in [3.05, 3.63) is 40.4 Å². The van der Waals surface area contributed by atoms with E-state index in [1.54, 1.807) is 12.1 Å². The molecule has 0 spiro atoms. The van der Waals surface area contributed by atoms with Gasteiger partial charge in [0.15, 0.2) is 5.56 Å². The van der Waals surface area contributed by atoms with Crippen LogP contribution in [0.15, 0.2) is 29.0 Å². The summed E-state index contributed by atoms with van der Waals surface area (Å²) in [5.74, 6) is -2.25. The zero-order valence-electron chi connectivity index (χ0n) is 10.0. The maximum Gasteiger partial charge on any atom is 0.424 e. The maximum atomic E-state index is 13.7. The molecule has 2 rings (SSSR count). The summed E-state index contributed by atoms with van der Waals surface area (Å²) in [5, 5.41) is 0. The van der Waals surface area contributed by atoms with Gasteiger partial charge in [0.1, 0.15) is 10.4 Å². The Morgan fingerprint density at radius 3 is 2.45 bits per heavy atom. The van der Waals surface area contributed by atoms with Crippen molar-refractivity contribution in [1.29, 1.82) is 0 Å². The summed E-state index contributed by atoms with van der Waals surface area (Å²) in [7, 11) is 1.00. The fraction of sp³-hybridized carbons (Fsp3) is 0.167. The fourth-order valence-electron chi connectivity index (χ4n) is 1.57. The molecule has 2 heterocycles. The molecule has 2 aromatic rings. The molecule has 0 saturated carbocycles. The van der Waals surface area contributed by atoms with Crippen molar-refractivity contribution < 1.29 is 22.3 Å². The van der Waals surface area contributed by atoms with Crippen LogP contribution in [0.5, 0.6) is 5.88 Å². The molecule has 20 heavy (non-hydrogen) atoms. The molecule has 0 atom stereocenters. The van der Waals surface area contributed by atoms with E-state index in [0.717, 1.165) is 7.11 Å². The largest absolute Gasteiger partial charge is 0.480 e. The highest BCUT2D eigenvalue weighted by atomic mass is 79.9. The van der Waals surface area contributed by atoms with Crippen molar-refractivity contribution in [2.45, 2.75) is 6.18 Å². The van der Waals surface area contributed by atoms with Gasteiger partial charge in [0.25, 0.3) is 0 Å². The smallest absolute Gasteiger partial charge is 0.424 e. The lowest BCUT2D eigenvalue weighted by atomic mass is 10.1. The van der Waals surface area contributed by atoms with E-state index in [2.05, 4.69) is 30.6 Å². The van der Waals surface area contributed by atoms with Crippen LogP contribution in [0.2, 0.25) is 0 Å². The quantitative estimate of drug-likeness (QED) is 0.604. The second-order valence-corrected chi connectivity index (χ2v) is 4.55. The number of ether oxygens (including phenoxy) is 1. The summed E-state index contributed by atoms with van der Waals surface area (Å²) in [5.41, 5.74) is -1.14. The lowest BCUT2D eigenvalue weighted by molar-refractivity contribution is -0.141. The second kappa shape index (κ2) is 5.35. The van der Waals surface area contributed by atoms with Crippen molar-refractivity contribution >= 4 is 15.9 Å². The molecule has 0 aliphatic heterocycles. The van der Waals surface area contributed by atoms with E-state index in [0.29, 0.717) is 16.2 Å². The van der Waals surface area contributed by atoms with Gasteiger partial charge in [-0.05, 0) is 28.1 Å². The SMILES string of the molecule is COc1nc(-c2ccc(Br)nc2)cc(F)c1C(F)(F)F. The first kappa shape index (κ1) is 14.7. The van der Waals surface area contributed by atoms with Gasteiger partial charge in [0.2, 0.25) is 5.88 Å². The molecule has 0 unspecified atom stereocenters. The predicted molar refractivity (Wildman–Crippen MR) is 66.7 cm³/mol. The third-order valence-corrected chi connectivity index (χ3v) is 2.91. The van der Waals surface area contributed by atoms with Gasteiger partial charge in [0.05, 0.1) is 12.8 Å². The summed E-state index contributed by atoms with van der Waals surface area (Å²) in [6.07, 6.45) is -3.52. The van der Waals surface area contributed by atoms with Crippen molar-refractivity contribution in [3.63, 3.8) is 0 Å². The molecule has 2 aromatic heterocycles. The second-order valence-electron chi connectivity index (χ2n) is 3.74. The molecular formula is C12H7BrF4N2O. The van der Waals surface area contributed by atoms with E-state index in [4.69, 9.17) is 0 Å². The van der Waals surface area contributed by atoms with Crippen molar-refractivity contribution in [2.75, 3.05) is 7.11 Å². The van der Waals surface area contributed by atoms with E-state index in [1.165, 1.54) is 6.20 Å². The van der Waals surface area contributed by atoms with Crippen LogP contribution in [-0.2, 0) is 6.18 Å². The number of halogens is 5. The minimum atomic E-state index is -4.88. The van der Waals surface area contributed by atoms with E-state index >= 15 is 0 Å². The number of aromatic nitrogens is 2. The van der Waals surface area contributed by atoms with Crippen molar-refractivity contribution in [3.8, 4) is 17.1 Å². The molecule has 106 valence electrons. The van der Waals surface area contributed by atoms with Crippen molar-refractivity contribution in [1.82, 2.24) is 9.97 Å². The van der Waals surface area contributed by atoms with Crippen LogP contribution >= 0.6 is 15.9 Å². The normalized spacial score (nSPS) is 11.5. The molecule has 0 radical (unpaired) electrons. The van der Waals surface area contributed by atoms with E-state index in [-0.39, 0.29) is 5.69 Å². The van der Waals surface area contributed by atoms with Gasteiger partial charge < -0.3 is 4.74 Å². The Hall–Kier alpha value is -1.70. The van der Waals surface area contributed by atoms with Gasteiger partial charge in [-0.25, -0.2) is 14.4 Å². The summed E-state index contributed by atoms with van der Waals surface area (Å²) in [6.45, 7) is 0. The van der Waals surface area contributed by atoms with Gasteiger partial charge >= 0.3 is 6.18 Å². The van der Waals surface area contributed by atoms with E-state index < -0.39 is 23.4 Å². The molecule has 8 heteroatoms. The minimum Gasteiger partial charge on any atom is -0.480 e. The lowest BCUT2D eigenvalue weighted by Gasteiger charge is -2.13. The Balaban J connectivity index is 2.58. The first-order valence-electron chi connectivity index (χ1n) is 5.26. The Labute approximate surface area is 119 Å². The van der Waals surface area contributed by atoms with Crippen LogP contribution in [0, 0.1) is 5.82 Å². The predicted octanol–water partition coefficient (Wildman–Crippen LogP) is 4.07. The van der Waals surface area contributed by atoms with E-state index in [1.807, 2.05) is 0 Å². The van der Waals surface area contributed by atoms with E-state index in [9.17, 15) is 17.6 Å². The molecule has 3 nitrogen and oxygen atoms in total. The third-order valence-electron chi connectivity index (χ3n) is 2.44. The molecular weight excluding hydrogens is 344 g/mol. The van der Waals surface area contributed by atoms with Gasteiger partial charge in [-0.2, -0.15) is 13.2 Å². The Morgan fingerprint density at radius 1 is 1.25 bits per heavy atom. The van der Waals surface area contributed by atoms with Crippen molar-refractivity contribution in [2.24, 2.45) is 0 Å². The van der Waals surface area contributed by atoms with Crippen LogP contribution < -0.4 is 4.74 Å². The van der Waals surface area contributed by atoms with Crippen LogP contribution in [-0.4, -0.2) is 17.1 Å². The topological polar surface area (TPSA) is 35.0 Å².